The first kappa shape index (κ1) is 13.7. The minimum atomic E-state index is -0.602. The van der Waals surface area contributed by atoms with E-state index in [-0.39, 0.29) is 19.8 Å². The van der Waals surface area contributed by atoms with E-state index >= 15 is 0 Å². The number of ether oxygens (including phenoxy) is 2. The first-order valence-electron chi connectivity index (χ1n) is 3.26. The van der Waals surface area contributed by atoms with E-state index in [0.717, 1.165) is 0 Å². The second-order valence-electron chi connectivity index (χ2n) is 2.19. The van der Waals surface area contributed by atoms with Gasteiger partial charge in [0.25, 0.3) is 0 Å². The molecule has 4 heteroatoms. The number of carbonyl (C=O) groups is 2. The van der Waals surface area contributed by atoms with Gasteiger partial charge in [-0.25, -0.2) is 4.79 Å². The molecule has 0 aliphatic carbocycles. The lowest BCUT2D eigenvalue weighted by molar-refractivity contribution is -0.156. The van der Waals surface area contributed by atoms with Crippen molar-refractivity contribution in [3.05, 3.63) is 0 Å². The van der Waals surface area contributed by atoms with Gasteiger partial charge in [-0.15, -0.1) is 0 Å². The highest BCUT2D eigenvalue weighted by Gasteiger charge is 2.12. The fourth-order valence-corrected chi connectivity index (χ4v) is 0.386. The highest BCUT2D eigenvalue weighted by atomic mass is 16.6. The molecule has 0 spiro atoms. The maximum Gasteiger partial charge on any atom is 0.335 e. The number of esters is 1. The smallest absolute Gasteiger partial charge is 0.335 e. The van der Waals surface area contributed by atoms with Crippen molar-refractivity contribution < 1.29 is 19.1 Å². The maximum absolute atomic E-state index is 10.8. The quantitative estimate of drug-likeness (QED) is 0.594. The Morgan fingerprint density at radius 1 is 1.42 bits per heavy atom. The highest BCUT2D eigenvalue weighted by molar-refractivity contribution is 5.81. The molecule has 0 N–H and O–H groups in total. The lowest BCUT2D eigenvalue weighted by Gasteiger charge is -2.07. The largest absolute Gasteiger partial charge is 0.456 e. The van der Waals surface area contributed by atoms with Crippen LogP contribution in [0, 0.1) is 0 Å². The van der Waals surface area contributed by atoms with E-state index in [2.05, 4.69) is 9.47 Å². The Hall–Kier alpha value is -0.900. The summed E-state index contributed by atoms with van der Waals surface area (Å²) < 4.78 is 9.20. The fourth-order valence-electron chi connectivity index (χ4n) is 0.386. The number of carbonyl (C=O) groups excluding carboxylic acids is 2. The van der Waals surface area contributed by atoms with Crippen LogP contribution in [0.1, 0.15) is 21.3 Å². The minimum Gasteiger partial charge on any atom is -0.456 e. The van der Waals surface area contributed by atoms with Crippen molar-refractivity contribution in [2.75, 3.05) is 13.7 Å². The topological polar surface area (TPSA) is 52.6 Å². The number of hydrogen-bond donors (Lipinski definition) is 0. The molecule has 1 unspecified atom stereocenters. The Balaban J connectivity index is 0. The molecule has 0 saturated carbocycles. The van der Waals surface area contributed by atoms with Crippen molar-refractivity contribution in [3.63, 3.8) is 0 Å². The van der Waals surface area contributed by atoms with E-state index in [1.54, 1.807) is 6.92 Å². The van der Waals surface area contributed by atoms with E-state index in [4.69, 9.17) is 0 Å². The third-order valence-electron chi connectivity index (χ3n) is 1.10. The summed E-state index contributed by atoms with van der Waals surface area (Å²) in [5.41, 5.74) is 0. The Kier molecular flexibility index (Phi) is 7.73. The molecule has 0 saturated heterocycles. The van der Waals surface area contributed by atoms with Crippen molar-refractivity contribution in [1.82, 2.24) is 0 Å². The van der Waals surface area contributed by atoms with E-state index in [1.807, 2.05) is 0 Å². The van der Waals surface area contributed by atoms with Crippen molar-refractivity contribution in [3.8, 4) is 0 Å². The predicted octanol–water partition coefficient (Wildman–Crippen LogP) is 0.790. The van der Waals surface area contributed by atoms with Gasteiger partial charge in [0.1, 0.15) is 6.61 Å². The Morgan fingerprint density at radius 2 is 1.92 bits per heavy atom. The lowest BCUT2D eigenvalue weighted by atomic mass is 10.4. The molecule has 0 bridgehead atoms. The SMILES string of the molecule is C.COC(C)C(=O)OCC(C)=O. The van der Waals surface area contributed by atoms with Crippen LogP contribution in [0.4, 0.5) is 0 Å². The molecule has 0 aromatic carbocycles. The molecule has 0 aromatic heterocycles. The van der Waals surface area contributed by atoms with Gasteiger partial charge in [0.05, 0.1) is 0 Å². The van der Waals surface area contributed by atoms with E-state index in [9.17, 15) is 9.59 Å². The number of methoxy groups -OCH3 is 1. The molecular weight excluding hydrogens is 160 g/mol. The van der Waals surface area contributed by atoms with Crippen LogP contribution in [0.5, 0.6) is 0 Å². The van der Waals surface area contributed by atoms with Crippen LogP contribution in [0.2, 0.25) is 0 Å². The van der Waals surface area contributed by atoms with E-state index < -0.39 is 12.1 Å². The number of hydrogen-bond acceptors (Lipinski definition) is 4. The minimum absolute atomic E-state index is 0. The van der Waals surface area contributed by atoms with Crippen molar-refractivity contribution in [1.29, 1.82) is 0 Å². The molecule has 0 aliphatic heterocycles. The molecule has 0 aromatic rings. The van der Waals surface area contributed by atoms with Crippen LogP contribution in [0.15, 0.2) is 0 Å². The molecule has 0 radical (unpaired) electrons. The van der Waals surface area contributed by atoms with Gasteiger partial charge in [0, 0.05) is 7.11 Å². The van der Waals surface area contributed by atoms with Crippen molar-refractivity contribution in [2.24, 2.45) is 0 Å². The Morgan fingerprint density at radius 3 is 2.25 bits per heavy atom. The molecule has 72 valence electrons. The van der Waals surface area contributed by atoms with Crippen molar-refractivity contribution >= 4 is 11.8 Å². The van der Waals surface area contributed by atoms with Gasteiger partial charge in [-0.1, -0.05) is 7.43 Å². The average Bonchev–Trinajstić information content (AvgIpc) is 1.98. The fraction of sp³-hybridized carbons (Fsp3) is 0.750. The summed E-state index contributed by atoms with van der Waals surface area (Å²) in [5.74, 6) is -0.690. The zero-order chi connectivity index (χ0) is 8.85. The molecule has 0 amide bonds. The highest BCUT2D eigenvalue weighted by Crippen LogP contribution is 1.91. The van der Waals surface area contributed by atoms with Crippen molar-refractivity contribution in [2.45, 2.75) is 27.4 Å². The van der Waals surface area contributed by atoms with Gasteiger partial charge in [0.2, 0.25) is 0 Å². The molecule has 12 heavy (non-hydrogen) atoms. The van der Waals surface area contributed by atoms with Crippen LogP contribution in [-0.2, 0) is 19.1 Å². The van der Waals surface area contributed by atoms with E-state index in [1.165, 1.54) is 14.0 Å². The zero-order valence-electron chi connectivity index (χ0n) is 6.92. The first-order valence-corrected chi connectivity index (χ1v) is 3.26. The van der Waals surface area contributed by atoms with Crippen LogP contribution in [0.25, 0.3) is 0 Å². The molecule has 0 rings (SSSR count). The number of rotatable bonds is 4. The Bertz CT molecular complexity index is 153. The summed E-state index contributed by atoms with van der Waals surface area (Å²) in [7, 11) is 1.40. The predicted molar refractivity (Wildman–Crippen MR) is 44.8 cm³/mol. The second kappa shape index (κ2) is 6.79. The molecular formula is C8H16O4. The van der Waals surface area contributed by atoms with E-state index in [0.29, 0.717) is 0 Å². The lowest BCUT2D eigenvalue weighted by Crippen LogP contribution is -2.23. The normalized spacial score (nSPS) is 11.2. The summed E-state index contributed by atoms with van der Waals surface area (Å²) >= 11 is 0. The maximum atomic E-state index is 10.8. The van der Waals surface area contributed by atoms with Crippen LogP contribution in [0.3, 0.4) is 0 Å². The summed E-state index contributed by atoms with van der Waals surface area (Å²) in [6.45, 7) is 2.74. The van der Waals surface area contributed by atoms with Gasteiger partial charge in [-0.3, -0.25) is 4.79 Å². The molecule has 0 fully saturated rings. The number of Topliss-reactive ketones (excluding diaryl/α,β-unsaturated/α-hetero) is 1. The summed E-state index contributed by atoms with van der Waals surface area (Å²) in [6, 6.07) is 0. The monoisotopic (exact) mass is 176 g/mol. The third-order valence-corrected chi connectivity index (χ3v) is 1.10. The third kappa shape index (κ3) is 5.85. The standard InChI is InChI=1S/C7H12O4.CH4/c1-5(8)4-11-7(9)6(2)10-3;/h6H,4H2,1-3H3;1H4. The summed E-state index contributed by atoms with van der Waals surface area (Å²) in [4.78, 5) is 21.1. The number of ketones is 1. The summed E-state index contributed by atoms with van der Waals surface area (Å²) in [5, 5.41) is 0. The van der Waals surface area contributed by atoms with Crippen LogP contribution in [-0.4, -0.2) is 31.6 Å². The molecule has 0 heterocycles. The van der Waals surface area contributed by atoms with Crippen LogP contribution < -0.4 is 0 Å². The Labute approximate surface area is 72.8 Å². The van der Waals surface area contributed by atoms with Gasteiger partial charge in [0.15, 0.2) is 11.9 Å². The van der Waals surface area contributed by atoms with Gasteiger partial charge in [-0.2, -0.15) is 0 Å². The zero-order valence-corrected chi connectivity index (χ0v) is 6.92. The second-order valence-corrected chi connectivity index (χ2v) is 2.19. The van der Waals surface area contributed by atoms with Gasteiger partial charge in [-0.05, 0) is 13.8 Å². The molecule has 1 atom stereocenters. The molecule has 4 nitrogen and oxygen atoms in total. The molecule has 0 aliphatic rings. The average molecular weight is 176 g/mol. The summed E-state index contributed by atoms with van der Waals surface area (Å²) in [6.07, 6.45) is -0.602. The first-order chi connectivity index (χ1) is 5.07. The van der Waals surface area contributed by atoms with Gasteiger partial charge >= 0.3 is 5.97 Å². The van der Waals surface area contributed by atoms with Crippen LogP contribution >= 0.6 is 0 Å². The van der Waals surface area contributed by atoms with Gasteiger partial charge < -0.3 is 9.47 Å².